The second kappa shape index (κ2) is 9.02. The fraction of sp³-hybridized carbons (Fsp3) is 0.519. The molecule has 3 rings (SSSR count). The molecule has 0 unspecified atom stereocenters. The molecule has 1 saturated heterocycles. The zero-order chi connectivity index (χ0) is 21.1. The predicted octanol–water partition coefficient (Wildman–Crippen LogP) is 6.96. The Morgan fingerprint density at radius 2 is 0.966 bits per heavy atom. The van der Waals surface area contributed by atoms with Crippen molar-refractivity contribution < 1.29 is 0 Å². The van der Waals surface area contributed by atoms with Crippen LogP contribution in [-0.4, -0.2) is 22.9 Å². The summed E-state index contributed by atoms with van der Waals surface area (Å²) >= 11 is 0. The van der Waals surface area contributed by atoms with Crippen molar-refractivity contribution in [2.24, 2.45) is 10.8 Å². The Kier molecular flexibility index (Phi) is 6.86. The van der Waals surface area contributed by atoms with E-state index in [0.717, 1.165) is 25.9 Å². The SMILES string of the molecule is CC(C)(C)CCN1[C]N(CCC(C)(C)C)[C@@H](c2ccccc2)[C@@H]1c1ccccc1. The van der Waals surface area contributed by atoms with Crippen molar-refractivity contribution in [2.75, 3.05) is 13.1 Å². The molecular formula is C27H38N2. The molecule has 29 heavy (non-hydrogen) atoms. The van der Waals surface area contributed by atoms with Crippen molar-refractivity contribution in [3.63, 3.8) is 0 Å². The maximum absolute atomic E-state index is 3.80. The van der Waals surface area contributed by atoms with E-state index in [1.165, 1.54) is 11.1 Å². The van der Waals surface area contributed by atoms with Gasteiger partial charge in [0.15, 0.2) is 0 Å². The summed E-state index contributed by atoms with van der Waals surface area (Å²) in [6, 6.07) is 22.6. The Hall–Kier alpha value is -1.64. The van der Waals surface area contributed by atoms with Crippen LogP contribution in [0.5, 0.6) is 0 Å². The number of benzene rings is 2. The lowest BCUT2D eigenvalue weighted by Gasteiger charge is -2.31. The number of hydrogen-bond acceptors (Lipinski definition) is 2. The van der Waals surface area contributed by atoms with E-state index in [1.54, 1.807) is 0 Å². The van der Waals surface area contributed by atoms with Crippen LogP contribution in [0, 0.1) is 17.5 Å². The molecular weight excluding hydrogens is 352 g/mol. The molecule has 0 aliphatic carbocycles. The van der Waals surface area contributed by atoms with Crippen molar-refractivity contribution in [3.05, 3.63) is 78.5 Å². The highest BCUT2D eigenvalue weighted by Gasteiger charge is 2.42. The van der Waals surface area contributed by atoms with Crippen molar-refractivity contribution in [1.82, 2.24) is 9.80 Å². The normalized spacial score (nSPS) is 21.6. The summed E-state index contributed by atoms with van der Waals surface area (Å²) < 4.78 is 0. The molecule has 2 aromatic rings. The molecule has 0 aromatic heterocycles. The van der Waals surface area contributed by atoms with E-state index in [4.69, 9.17) is 0 Å². The zero-order valence-electron chi connectivity index (χ0n) is 19.2. The van der Waals surface area contributed by atoms with Crippen molar-refractivity contribution in [3.8, 4) is 0 Å². The summed E-state index contributed by atoms with van der Waals surface area (Å²) in [5.41, 5.74) is 3.37. The lowest BCUT2D eigenvalue weighted by atomic mass is 9.89. The number of rotatable bonds is 6. The molecule has 0 spiro atoms. The monoisotopic (exact) mass is 390 g/mol. The van der Waals surface area contributed by atoms with E-state index in [-0.39, 0.29) is 0 Å². The molecule has 0 bridgehead atoms. The number of hydrogen-bond donors (Lipinski definition) is 0. The van der Waals surface area contributed by atoms with Crippen LogP contribution in [0.1, 0.15) is 77.6 Å². The van der Waals surface area contributed by atoms with Crippen LogP contribution < -0.4 is 0 Å². The maximum Gasteiger partial charge on any atom is 0.147 e. The molecule has 1 fully saturated rings. The van der Waals surface area contributed by atoms with Crippen LogP contribution in [0.15, 0.2) is 60.7 Å². The third kappa shape index (κ3) is 6.17. The minimum absolute atomic E-state index is 0.293. The molecule has 0 amide bonds. The minimum Gasteiger partial charge on any atom is -0.271 e. The first-order chi connectivity index (χ1) is 13.6. The van der Waals surface area contributed by atoms with Crippen LogP contribution in [-0.2, 0) is 0 Å². The third-order valence-corrected chi connectivity index (χ3v) is 5.72. The molecule has 1 heterocycles. The van der Waals surface area contributed by atoms with Gasteiger partial charge < -0.3 is 0 Å². The van der Waals surface area contributed by atoms with Crippen molar-refractivity contribution >= 4 is 0 Å². The summed E-state index contributed by atoms with van der Waals surface area (Å²) in [5.74, 6) is 0. The predicted molar refractivity (Wildman–Crippen MR) is 123 cm³/mol. The van der Waals surface area contributed by atoms with Crippen molar-refractivity contribution in [1.29, 1.82) is 0 Å². The Morgan fingerprint density at radius 1 is 0.621 bits per heavy atom. The van der Waals surface area contributed by atoms with E-state index in [2.05, 4.69) is 119 Å². The van der Waals surface area contributed by atoms with Gasteiger partial charge in [-0.3, -0.25) is 9.80 Å². The Morgan fingerprint density at radius 3 is 1.28 bits per heavy atom. The zero-order valence-corrected chi connectivity index (χ0v) is 19.2. The Labute approximate surface area is 178 Å². The molecule has 0 N–H and O–H groups in total. The van der Waals surface area contributed by atoms with Crippen LogP contribution in [0.3, 0.4) is 0 Å². The first-order valence-corrected chi connectivity index (χ1v) is 11.0. The summed E-state index contributed by atoms with van der Waals surface area (Å²) in [6.07, 6.45) is 2.30. The molecule has 0 saturated carbocycles. The van der Waals surface area contributed by atoms with Gasteiger partial charge in [-0.15, -0.1) is 0 Å². The summed E-state index contributed by atoms with van der Waals surface area (Å²) in [7, 11) is 0. The van der Waals surface area contributed by atoms with E-state index in [0.29, 0.717) is 22.9 Å². The molecule has 2 atom stereocenters. The van der Waals surface area contributed by atoms with E-state index >= 15 is 0 Å². The van der Waals surface area contributed by atoms with Gasteiger partial charge in [-0.1, -0.05) is 102 Å². The van der Waals surface area contributed by atoms with Gasteiger partial charge in [-0.25, -0.2) is 0 Å². The highest BCUT2D eigenvalue weighted by atomic mass is 15.4. The molecule has 2 heteroatoms. The average molecular weight is 391 g/mol. The van der Waals surface area contributed by atoms with E-state index in [1.807, 2.05) is 0 Å². The fourth-order valence-electron chi connectivity index (χ4n) is 3.95. The third-order valence-electron chi connectivity index (χ3n) is 5.72. The average Bonchev–Trinajstić information content (AvgIpc) is 3.04. The van der Waals surface area contributed by atoms with Gasteiger partial charge in [0.2, 0.25) is 0 Å². The largest absolute Gasteiger partial charge is 0.271 e. The molecule has 2 radical (unpaired) electrons. The topological polar surface area (TPSA) is 6.48 Å². The smallest absolute Gasteiger partial charge is 0.147 e. The van der Waals surface area contributed by atoms with Crippen LogP contribution >= 0.6 is 0 Å². The first kappa shape index (κ1) is 22.1. The summed E-state index contributed by atoms with van der Waals surface area (Å²) in [6.45, 7) is 19.8. The summed E-state index contributed by atoms with van der Waals surface area (Å²) in [5, 5.41) is 0. The van der Waals surface area contributed by atoms with Crippen LogP contribution in [0.4, 0.5) is 0 Å². The van der Waals surface area contributed by atoms with Gasteiger partial charge in [-0.2, -0.15) is 0 Å². The van der Waals surface area contributed by atoms with E-state index in [9.17, 15) is 0 Å². The van der Waals surface area contributed by atoms with E-state index < -0.39 is 0 Å². The second-order valence-corrected chi connectivity index (χ2v) is 10.8. The lowest BCUT2D eigenvalue weighted by Crippen LogP contribution is -2.27. The minimum atomic E-state index is 0.293. The van der Waals surface area contributed by atoms with Gasteiger partial charge in [-0.05, 0) is 34.8 Å². The summed E-state index contributed by atoms with van der Waals surface area (Å²) in [4.78, 5) is 4.95. The second-order valence-electron chi connectivity index (χ2n) is 10.8. The quantitative estimate of drug-likeness (QED) is 0.526. The fourth-order valence-corrected chi connectivity index (χ4v) is 3.95. The van der Waals surface area contributed by atoms with Gasteiger partial charge in [0.25, 0.3) is 0 Å². The Bertz CT molecular complexity index is 674. The highest BCUT2D eigenvalue weighted by Crippen LogP contribution is 2.46. The first-order valence-electron chi connectivity index (χ1n) is 11.0. The van der Waals surface area contributed by atoms with Crippen LogP contribution in [0.2, 0.25) is 0 Å². The van der Waals surface area contributed by atoms with Gasteiger partial charge in [0, 0.05) is 13.1 Å². The lowest BCUT2D eigenvalue weighted by molar-refractivity contribution is 0.231. The molecule has 156 valence electrons. The Balaban J connectivity index is 1.96. The molecule has 1 aliphatic heterocycles. The molecule has 2 aromatic carbocycles. The van der Waals surface area contributed by atoms with Gasteiger partial charge in [0.1, 0.15) is 6.67 Å². The highest BCUT2D eigenvalue weighted by molar-refractivity contribution is 5.30. The number of nitrogens with zero attached hydrogens (tertiary/aromatic N) is 2. The van der Waals surface area contributed by atoms with Crippen molar-refractivity contribution in [2.45, 2.75) is 66.5 Å². The molecule has 1 aliphatic rings. The van der Waals surface area contributed by atoms with Crippen LogP contribution in [0.25, 0.3) is 0 Å². The van der Waals surface area contributed by atoms with Gasteiger partial charge >= 0.3 is 0 Å². The van der Waals surface area contributed by atoms with Gasteiger partial charge in [0.05, 0.1) is 12.1 Å². The maximum atomic E-state index is 3.80. The standard InChI is InChI=1S/C27H38N2/c1-26(2,3)17-19-28-21-29(20-18-27(4,5)6)25(23-15-11-8-12-16-23)24(28)22-13-9-7-10-14-22/h7-16,24-25H,17-20H2,1-6H3/t24-,25-/m0/s1. The molecule has 2 nitrogen and oxygen atoms in total.